The number of nitrogens with one attached hydrogen (secondary N) is 3. The minimum atomic E-state index is 0.0538. The van der Waals surface area contributed by atoms with Gasteiger partial charge in [0.1, 0.15) is 38.5 Å². The molecule has 0 unspecified atom stereocenters. The Morgan fingerprint density at radius 1 is 1.04 bits per heavy atom. The molecule has 1 atom stereocenters. The molecule has 1 fully saturated rings. The van der Waals surface area contributed by atoms with Gasteiger partial charge in [0.2, 0.25) is 0 Å². The van der Waals surface area contributed by atoms with Gasteiger partial charge >= 0.3 is 0 Å². The number of quaternary nitrogens is 2. The van der Waals surface area contributed by atoms with Crippen LogP contribution in [0, 0.1) is 0 Å². The molecule has 0 spiro atoms. The van der Waals surface area contributed by atoms with Crippen molar-refractivity contribution in [2.45, 2.75) is 19.5 Å². The standard InChI is InChI=1S/C22H29N3O2/c1-18(20-8-4-3-5-9-20)23-22(26)17-25-13-11-24(12-14-25)16-19-7-6-10-21(15-19)27-2/h3-10,15,18H,11-14,16-17H2,1-2H3,(H,23,26)/p+2/t18-/m0/s1. The van der Waals surface area contributed by atoms with Crippen molar-refractivity contribution in [3.8, 4) is 5.75 Å². The highest BCUT2D eigenvalue weighted by Gasteiger charge is 2.25. The molecule has 1 aliphatic rings. The second-order valence-corrected chi connectivity index (χ2v) is 7.40. The molecule has 5 nitrogen and oxygen atoms in total. The maximum absolute atomic E-state index is 12.4. The van der Waals surface area contributed by atoms with Gasteiger partial charge in [0.05, 0.1) is 13.2 Å². The van der Waals surface area contributed by atoms with E-state index in [9.17, 15) is 4.79 Å². The van der Waals surface area contributed by atoms with E-state index >= 15 is 0 Å². The summed E-state index contributed by atoms with van der Waals surface area (Å²) in [5.74, 6) is 1.05. The van der Waals surface area contributed by atoms with Gasteiger partial charge in [-0.2, -0.15) is 0 Å². The minimum absolute atomic E-state index is 0.0538. The van der Waals surface area contributed by atoms with E-state index in [4.69, 9.17) is 4.74 Å². The lowest BCUT2D eigenvalue weighted by molar-refractivity contribution is -1.02. The van der Waals surface area contributed by atoms with E-state index in [1.54, 1.807) is 12.0 Å². The summed E-state index contributed by atoms with van der Waals surface area (Å²) < 4.78 is 5.31. The summed E-state index contributed by atoms with van der Waals surface area (Å²) in [6, 6.07) is 18.5. The lowest BCUT2D eigenvalue weighted by Crippen LogP contribution is -3.28. The third-order valence-corrected chi connectivity index (χ3v) is 5.34. The molecule has 0 aliphatic carbocycles. The van der Waals surface area contributed by atoms with E-state index in [0.717, 1.165) is 44.0 Å². The Hall–Kier alpha value is -2.37. The first-order chi connectivity index (χ1) is 13.1. The average Bonchev–Trinajstić information content (AvgIpc) is 2.70. The maximum Gasteiger partial charge on any atom is 0.275 e. The summed E-state index contributed by atoms with van der Waals surface area (Å²) in [6.45, 7) is 7.87. The quantitative estimate of drug-likeness (QED) is 0.636. The van der Waals surface area contributed by atoms with Gasteiger partial charge in [0, 0.05) is 5.56 Å². The molecule has 27 heavy (non-hydrogen) atoms. The van der Waals surface area contributed by atoms with Crippen LogP contribution in [0.2, 0.25) is 0 Å². The van der Waals surface area contributed by atoms with Crippen LogP contribution in [0.3, 0.4) is 0 Å². The molecule has 0 aromatic heterocycles. The predicted octanol–water partition coefficient (Wildman–Crippen LogP) is -0.144. The van der Waals surface area contributed by atoms with Crippen LogP contribution < -0.4 is 19.9 Å². The van der Waals surface area contributed by atoms with Gasteiger partial charge < -0.3 is 19.9 Å². The predicted molar refractivity (Wildman–Crippen MR) is 106 cm³/mol. The fraction of sp³-hybridized carbons (Fsp3) is 0.409. The van der Waals surface area contributed by atoms with Gasteiger partial charge in [-0.3, -0.25) is 4.79 Å². The van der Waals surface area contributed by atoms with Gasteiger partial charge in [-0.25, -0.2) is 0 Å². The van der Waals surface area contributed by atoms with Crippen molar-refractivity contribution in [1.29, 1.82) is 0 Å². The Kier molecular flexibility index (Phi) is 6.85. The monoisotopic (exact) mass is 369 g/mol. The molecule has 2 aromatic rings. The molecule has 0 bridgehead atoms. The normalized spacial score (nSPS) is 20.7. The molecular formula is C22H31N3O2+2. The Labute approximate surface area is 161 Å². The molecule has 0 saturated carbocycles. The Balaban J connectivity index is 1.41. The van der Waals surface area contributed by atoms with Crippen LogP contribution in [-0.2, 0) is 11.3 Å². The zero-order valence-corrected chi connectivity index (χ0v) is 16.3. The van der Waals surface area contributed by atoms with Crippen LogP contribution in [0.15, 0.2) is 54.6 Å². The molecule has 5 heteroatoms. The largest absolute Gasteiger partial charge is 0.497 e. The molecule has 1 amide bonds. The van der Waals surface area contributed by atoms with Crippen molar-refractivity contribution < 1.29 is 19.3 Å². The van der Waals surface area contributed by atoms with Crippen LogP contribution in [-0.4, -0.2) is 45.7 Å². The lowest BCUT2D eigenvalue weighted by atomic mass is 10.1. The highest BCUT2D eigenvalue weighted by molar-refractivity contribution is 5.77. The van der Waals surface area contributed by atoms with Crippen molar-refractivity contribution in [2.24, 2.45) is 0 Å². The number of rotatable bonds is 7. The first-order valence-corrected chi connectivity index (χ1v) is 9.78. The SMILES string of the molecule is COc1cccc(C[NH+]2CC[NH+](CC(=O)N[C@@H](C)c3ccccc3)CC2)c1. The Morgan fingerprint density at radius 2 is 1.74 bits per heavy atom. The first kappa shape index (κ1) is 19.4. The molecule has 144 valence electrons. The van der Waals surface area contributed by atoms with E-state index in [0.29, 0.717) is 6.54 Å². The van der Waals surface area contributed by atoms with E-state index in [1.807, 2.05) is 37.3 Å². The highest BCUT2D eigenvalue weighted by Crippen LogP contribution is 2.11. The van der Waals surface area contributed by atoms with E-state index in [1.165, 1.54) is 10.5 Å². The molecule has 1 heterocycles. The van der Waals surface area contributed by atoms with E-state index in [2.05, 4.69) is 29.6 Å². The number of ether oxygens (including phenoxy) is 1. The van der Waals surface area contributed by atoms with Crippen LogP contribution >= 0.6 is 0 Å². The lowest BCUT2D eigenvalue weighted by Gasteiger charge is -2.29. The summed E-state index contributed by atoms with van der Waals surface area (Å²) in [5.41, 5.74) is 2.45. The van der Waals surface area contributed by atoms with Gasteiger partial charge in [-0.15, -0.1) is 0 Å². The van der Waals surface area contributed by atoms with Gasteiger partial charge in [-0.1, -0.05) is 42.5 Å². The fourth-order valence-corrected chi connectivity index (χ4v) is 3.73. The molecule has 1 aliphatic heterocycles. The summed E-state index contributed by atoms with van der Waals surface area (Å²) in [7, 11) is 1.71. The number of methoxy groups -OCH3 is 1. The Bertz CT molecular complexity index is 727. The zero-order chi connectivity index (χ0) is 19.1. The van der Waals surface area contributed by atoms with Crippen molar-refractivity contribution in [3.05, 3.63) is 65.7 Å². The highest BCUT2D eigenvalue weighted by atomic mass is 16.5. The fourth-order valence-electron chi connectivity index (χ4n) is 3.73. The van der Waals surface area contributed by atoms with Gasteiger partial charge in [0.15, 0.2) is 6.54 Å². The summed E-state index contributed by atoms with van der Waals surface area (Å²) in [4.78, 5) is 15.3. The van der Waals surface area contributed by atoms with Crippen LogP contribution in [0.4, 0.5) is 0 Å². The van der Waals surface area contributed by atoms with Crippen LogP contribution in [0.25, 0.3) is 0 Å². The number of carbonyl (C=O) groups is 1. The van der Waals surface area contributed by atoms with Crippen molar-refractivity contribution in [1.82, 2.24) is 5.32 Å². The van der Waals surface area contributed by atoms with E-state index in [-0.39, 0.29) is 11.9 Å². The number of amides is 1. The van der Waals surface area contributed by atoms with Crippen LogP contribution in [0.1, 0.15) is 24.1 Å². The second-order valence-electron chi connectivity index (χ2n) is 7.40. The third-order valence-electron chi connectivity index (χ3n) is 5.34. The molecule has 1 saturated heterocycles. The van der Waals surface area contributed by atoms with E-state index < -0.39 is 0 Å². The minimum Gasteiger partial charge on any atom is -0.497 e. The number of carbonyl (C=O) groups excluding carboxylic acids is 1. The molecule has 0 radical (unpaired) electrons. The molecular weight excluding hydrogens is 338 g/mol. The first-order valence-electron chi connectivity index (χ1n) is 9.78. The summed E-state index contributed by atoms with van der Waals surface area (Å²) in [6.07, 6.45) is 0. The third kappa shape index (κ3) is 5.81. The smallest absolute Gasteiger partial charge is 0.275 e. The average molecular weight is 370 g/mol. The topological polar surface area (TPSA) is 47.2 Å². The van der Waals surface area contributed by atoms with Gasteiger partial charge in [-0.05, 0) is 24.6 Å². The zero-order valence-electron chi connectivity index (χ0n) is 16.3. The van der Waals surface area contributed by atoms with Gasteiger partial charge in [0.25, 0.3) is 5.91 Å². The number of hydrogen-bond donors (Lipinski definition) is 3. The van der Waals surface area contributed by atoms with Crippen LogP contribution in [0.5, 0.6) is 5.75 Å². The number of benzene rings is 2. The molecule has 3 N–H and O–H groups in total. The maximum atomic E-state index is 12.4. The molecule has 3 rings (SSSR count). The molecule has 2 aromatic carbocycles. The van der Waals surface area contributed by atoms with Crippen molar-refractivity contribution in [2.75, 3.05) is 39.8 Å². The summed E-state index contributed by atoms with van der Waals surface area (Å²) in [5, 5.41) is 3.13. The van der Waals surface area contributed by atoms with Crippen molar-refractivity contribution in [3.63, 3.8) is 0 Å². The number of hydrogen-bond acceptors (Lipinski definition) is 2. The second kappa shape index (κ2) is 9.53. The van der Waals surface area contributed by atoms with Crippen molar-refractivity contribution >= 4 is 5.91 Å². The Morgan fingerprint density at radius 3 is 2.44 bits per heavy atom. The summed E-state index contributed by atoms with van der Waals surface area (Å²) >= 11 is 0. The number of piperazine rings is 1.